The Morgan fingerprint density at radius 2 is 1.90 bits per heavy atom. The first-order valence-corrected chi connectivity index (χ1v) is 12.7. The third-order valence-corrected chi connectivity index (χ3v) is 3.36. The molecule has 0 amide bonds. The summed E-state index contributed by atoms with van der Waals surface area (Å²) in [6.45, 7) is 3.65. The van der Waals surface area contributed by atoms with E-state index >= 15 is 0 Å². The summed E-state index contributed by atoms with van der Waals surface area (Å²) in [6.07, 6.45) is 2.93. The van der Waals surface area contributed by atoms with Crippen molar-refractivity contribution in [1.82, 2.24) is 10.2 Å². The number of hydrogen-bond donors (Lipinski definition) is 2. The van der Waals surface area contributed by atoms with E-state index in [-0.39, 0.29) is 17.5 Å². The van der Waals surface area contributed by atoms with Crippen molar-refractivity contribution in [2.75, 3.05) is 21.1 Å². The maximum Gasteiger partial charge on any atom is 0.308 e. The first-order chi connectivity index (χ1) is 9.25. The lowest BCUT2D eigenvalue weighted by Crippen LogP contribution is -2.35. The number of carboxylic acid groups (broad SMARTS) is 1. The highest BCUT2D eigenvalue weighted by molar-refractivity contribution is 15.0. The lowest BCUT2D eigenvalue weighted by molar-refractivity contribution is -0.143. The van der Waals surface area contributed by atoms with Gasteiger partial charge in [-0.25, -0.2) is 0 Å². The van der Waals surface area contributed by atoms with Crippen LogP contribution in [0.1, 0.15) is 33.1 Å². The van der Waals surface area contributed by atoms with Gasteiger partial charge in [0.25, 0.3) is 0 Å². The van der Waals surface area contributed by atoms with Gasteiger partial charge >= 0.3 is 5.97 Å². The Bertz CT molecular complexity index is 317. The van der Waals surface area contributed by atoms with E-state index in [1.54, 1.807) is 7.05 Å². The molecule has 0 heterocycles. The molecule has 1 saturated carbocycles. The molecule has 7 heteroatoms. The topological polar surface area (TPSA) is 76.4 Å². The van der Waals surface area contributed by atoms with Gasteiger partial charge in [0.05, 0.1) is 12.0 Å². The molecule has 0 aliphatic heterocycles. The van der Waals surface area contributed by atoms with Crippen molar-refractivity contribution in [3.63, 3.8) is 0 Å². The maximum atomic E-state index is 10.7. The lowest BCUT2D eigenvalue weighted by atomic mass is 10.0. The summed E-state index contributed by atoms with van der Waals surface area (Å²) in [7, 11) is 5.67. The number of hydrogen-bond acceptors (Lipinski definition) is 4. The molecule has 2 atom stereocenters. The summed E-state index contributed by atoms with van der Waals surface area (Å²) in [5, 5.41) is 19.9. The van der Waals surface area contributed by atoms with Crippen molar-refractivity contribution in [3.05, 3.63) is 0 Å². The van der Waals surface area contributed by atoms with E-state index in [4.69, 9.17) is 10.4 Å². The van der Waals surface area contributed by atoms with Crippen LogP contribution in [0.5, 0.6) is 0 Å². The summed E-state index contributed by atoms with van der Waals surface area (Å²) >= 11 is 4.24. The van der Waals surface area contributed by atoms with Crippen molar-refractivity contribution < 1.29 is 9.90 Å². The van der Waals surface area contributed by atoms with E-state index in [9.17, 15) is 4.79 Å². The van der Waals surface area contributed by atoms with Crippen LogP contribution in [0.3, 0.4) is 0 Å². The first-order valence-electron chi connectivity index (χ1n) is 6.39. The number of nitriles is 1. The van der Waals surface area contributed by atoms with E-state index in [0.717, 1.165) is 19.3 Å². The van der Waals surface area contributed by atoms with E-state index in [2.05, 4.69) is 48.6 Å². The highest BCUT2D eigenvalue weighted by atomic mass is 128. The average Bonchev–Trinajstić information content (AvgIpc) is 2.91. The minimum atomic E-state index is -0.638. The Morgan fingerprint density at radius 1 is 1.40 bits per heavy atom. The van der Waals surface area contributed by atoms with Crippen LogP contribution in [0, 0.1) is 17.2 Å². The van der Waals surface area contributed by atoms with Gasteiger partial charge in [-0.2, -0.15) is 5.26 Å². The van der Waals surface area contributed by atoms with Gasteiger partial charge in [0, 0.05) is 43.3 Å². The molecular weight excluding hydrogens is 484 g/mol. The van der Waals surface area contributed by atoms with Gasteiger partial charge in [-0.15, -0.1) is 0 Å². The van der Waals surface area contributed by atoms with Crippen molar-refractivity contribution >= 4 is 43.2 Å². The fourth-order valence-corrected chi connectivity index (χ4v) is 1.90. The minimum absolute atomic E-state index is 0.134. The quantitative estimate of drug-likeness (QED) is 0.573. The highest BCUT2D eigenvalue weighted by Gasteiger charge is 2.33. The number of nitrogens with one attached hydrogen (secondary N) is 1. The van der Waals surface area contributed by atoms with Gasteiger partial charge in [0.2, 0.25) is 0 Å². The molecular formula is C13H25I2N3O2. The van der Waals surface area contributed by atoms with Crippen molar-refractivity contribution in [2.24, 2.45) is 5.92 Å². The molecule has 2 unspecified atom stereocenters. The number of halogens is 2. The smallest absolute Gasteiger partial charge is 0.308 e. The van der Waals surface area contributed by atoms with Crippen LogP contribution in [0.4, 0.5) is 0 Å². The fourth-order valence-electron chi connectivity index (χ4n) is 1.90. The SMILES string of the molecule is CN(C)C1CCCC1C(=O)O.CNC(C)(C)C#N.II. The minimum Gasteiger partial charge on any atom is -0.481 e. The summed E-state index contributed by atoms with van der Waals surface area (Å²) < 4.78 is 0. The number of aliphatic carboxylic acids is 1. The molecule has 1 aliphatic rings. The zero-order valence-corrected chi connectivity index (χ0v) is 17.1. The zero-order valence-electron chi connectivity index (χ0n) is 12.8. The number of rotatable bonds is 3. The molecule has 0 spiro atoms. The van der Waals surface area contributed by atoms with Gasteiger partial charge in [-0.1, -0.05) is 6.42 Å². The van der Waals surface area contributed by atoms with E-state index in [0.29, 0.717) is 0 Å². The summed E-state index contributed by atoms with van der Waals surface area (Å²) in [6, 6.07) is 2.34. The number of nitrogens with zero attached hydrogens (tertiary/aromatic N) is 2. The normalized spacial score (nSPS) is 21.1. The van der Waals surface area contributed by atoms with Crippen LogP contribution in [0.2, 0.25) is 0 Å². The molecule has 1 fully saturated rings. The maximum absolute atomic E-state index is 10.7. The van der Waals surface area contributed by atoms with Crippen molar-refractivity contribution in [2.45, 2.75) is 44.7 Å². The largest absolute Gasteiger partial charge is 0.481 e. The molecule has 1 aliphatic carbocycles. The van der Waals surface area contributed by atoms with Gasteiger partial charge in [0.15, 0.2) is 0 Å². The van der Waals surface area contributed by atoms with Crippen LogP contribution in [0.15, 0.2) is 0 Å². The second-order valence-electron chi connectivity index (χ2n) is 5.39. The zero-order chi connectivity index (χ0) is 16.3. The molecule has 1 rings (SSSR count). The molecule has 5 nitrogen and oxygen atoms in total. The standard InChI is InChI=1S/C8H15NO2.C5H10N2.I2/c1-9(2)7-5-3-4-6(7)8(10)11;1-5(2,4-6)7-3;1-2/h6-7H,3-5H2,1-2H3,(H,10,11);7H,1-3H3;. The third kappa shape index (κ3) is 9.31. The van der Waals surface area contributed by atoms with Crippen LogP contribution in [-0.2, 0) is 4.79 Å². The first kappa shape index (κ1) is 22.6. The van der Waals surface area contributed by atoms with Gasteiger partial charge in [-0.05, 0) is 47.8 Å². The Balaban J connectivity index is 0. The van der Waals surface area contributed by atoms with E-state index in [1.165, 1.54) is 0 Å². The molecule has 2 N–H and O–H groups in total. The van der Waals surface area contributed by atoms with Gasteiger partial charge in [0.1, 0.15) is 5.54 Å². The Kier molecular flexibility index (Phi) is 13.5. The number of carbonyl (C=O) groups is 1. The van der Waals surface area contributed by atoms with E-state index in [1.807, 2.05) is 32.8 Å². The average molecular weight is 509 g/mol. The monoisotopic (exact) mass is 509 g/mol. The highest BCUT2D eigenvalue weighted by Crippen LogP contribution is 2.28. The second-order valence-corrected chi connectivity index (χ2v) is 5.39. The molecule has 118 valence electrons. The van der Waals surface area contributed by atoms with Crippen LogP contribution >= 0.6 is 37.2 Å². The predicted octanol–water partition coefficient (Wildman–Crippen LogP) is 3.08. The Labute approximate surface area is 145 Å². The van der Waals surface area contributed by atoms with Crippen molar-refractivity contribution in [1.29, 1.82) is 5.26 Å². The van der Waals surface area contributed by atoms with Gasteiger partial charge < -0.3 is 15.3 Å². The summed E-state index contributed by atoms with van der Waals surface area (Å²) in [5.74, 6) is -0.772. The second kappa shape index (κ2) is 11.9. The lowest BCUT2D eigenvalue weighted by Gasteiger charge is -2.22. The predicted molar refractivity (Wildman–Crippen MR) is 99.2 cm³/mol. The van der Waals surface area contributed by atoms with Crippen LogP contribution < -0.4 is 5.32 Å². The van der Waals surface area contributed by atoms with Gasteiger partial charge in [-0.3, -0.25) is 4.79 Å². The van der Waals surface area contributed by atoms with Crippen LogP contribution in [-0.4, -0.2) is 48.7 Å². The van der Waals surface area contributed by atoms with Crippen LogP contribution in [0.25, 0.3) is 0 Å². The van der Waals surface area contributed by atoms with E-state index < -0.39 is 5.97 Å². The Hall–Kier alpha value is 0.340. The fraction of sp³-hybridized carbons (Fsp3) is 0.846. The third-order valence-electron chi connectivity index (χ3n) is 3.36. The molecule has 0 saturated heterocycles. The molecule has 0 bridgehead atoms. The Morgan fingerprint density at radius 3 is 2.10 bits per heavy atom. The molecule has 0 radical (unpaired) electrons. The van der Waals surface area contributed by atoms with Crippen molar-refractivity contribution in [3.8, 4) is 6.07 Å². The number of carboxylic acids is 1. The molecule has 0 aromatic rings. The summed E-state index contributed by atoms with van der Waals surface area (Å²) in [4.78, 5) is 12.7. The molecule has 0 aromatic carbocycles. The molecule has 20 heavy (non-hydrogen) atoms. The summed E-state index contributed by atoms with van der Waals surface area (Å²) in [5.41, 5.74) is -0.361. The molecule has 0 aromatic heterocycles.